The maximum atomic E-state index is 9.37. The highest BCUT2D eigenvalue weighted by Crippen LogP contribution is 2.41. The van der Waals surface area contributed by atoms with Gasteiger partial charge in [-0.05, 0) is 29.5 Å². The maximum Gasteiger partial charge on any atom is 0.154 e. The van der Waals surface area contributed by atoms with Gasteiger partial charge in [0.2, 0.25) is 0 Å². The molecule has 0 amide bonds. The minimum atomic E-state index is -0.0663. The van der Waals surface area contributed by atoms with Gasteiger partial charge in [-0.15, -0.1) is 0 Å². The smallest absolute Gasteiger partial charge is 0.154 e. The van der Waals surface area contributed by atoms with Gasteiger partial charge in [0.25, 0.3) is 0 Å². The van der Waals surface area contributed by atoms with Crippen molar-refractivity contribution in [2.75, 3.05) is 11.5 Å². The highest BCUT2D eigenvalue weighted by atomic mass is 127. The quantitative estimate of drug-likeness (QED) is 0.248. The van der Waals surface area contributed by atoms with E-state index in [1.54, 1.807) is 6.92 Å². The third kappa shape index (κ3) is 1.13. The highest BCUT2D eigenvalue weighted by molar-refractivity contribution is 14.1. The molecule has 0 bridgehead atoms. The average molecular weight is 280 g/mol. The summed E-state index contributed by atoms with van der Waals surface area (Å²) in [6, 6.07) is 0. The van der Waals surface area contributed by atoms with Crippen molar-refractivity contribution in [2.24, 2.45) is 0 Å². The summed E-state index contributed by atoms with van der Waals surface area (Å²) < 4.78 is 0.525. The molecule has 0 saturated heterocycles. The summed E-state index contributed by atoms with van der Waals surface area (Å²) in [6.45, 7) is 1.66. The first-order chi connectivity index (χ1) is 5.46. The molecule has 0 aliphatic heterocycles. The summed E-state index contributed by atoms with van der Waals surface area (Å²) in [7, 11) is 0. The summed E-state index contributed by atoms with van der Waals surface area (Å²) in [4.78, 5) is 0. The van der Waals surface area contributed by atoms with Crippen LogP contribution < -0.4 is 11.5 Å². The van der Waals surface area contributed by atoms with Crippen LogP contribution in [-0.2, 0) is 0 Å². The molecule has 12 heavy (non-hydrogen) atoms. The van der Waals surface area contributed by atoms with Crippen molar-refractivity contribution in [3.05, 3.63) is 9.13 Å². The molecule has 1 aromatic rings. The number of anilines is 2. The van der Waals surface area contributed by atoms with Gasteiger partial charge in [-0.3, -0.25) is 0 Å². The number of halogens is 1. The second-order valence-electron chi connectivity index (χ2n) is 2.46. The fourth-order valence-electron chi connectivity index (χ4n) is 0.857. The van der Waals surface area contributed by atoms with Crippen molar-refractivity contribution < 1.29 is 10.2 Å². The lowest BCUT2D eigenvalue weighted by Gasteiger charge is -2.10. The fraction of sp³-hybridized carbons (Fsp3) is 0.143. The van der Waals surface area contributed by atoms with Crippen molar-refractivity contribution in [3.8, 4) is 11.5 Å². The van der Waals surface area contributed by atoms with Gasteiger partial charge >= 0.3 is 0 Å². The summed E-state index contributed by atoms with van der Waals surface area (Å²) >= 11 is 1.89. The zero-order valence-corrected chi connectivity index (χ0v) is 8.58. The monoisotopic (exact) mass is 280 g/mol. The molecule has 5 heteroatoms. The third-order valence-electron chi connectivity index (χ3n) is 1.69. The number of hydrogen-bond acceptors (Lipinski definition) is 4. The van der Waals surface area contributed by atoms with E-state index in [0.29, 0.717) is 9.13 Å². The van der Waals surface area contributed by atoms with Gasteiger partial charge in [-0.2, -0.15) is 0 Å². The standard InChI is InChI=1S/C7H9IN2O2/c1-2-3(8)7(12)5(10)4(9)6(2)11/h11-12H,9-10H2,1H3. The van der Waals surface area contributed by atoms with Crippen LogP contribution in [-0.4, -0.2) is 10.2 Å². The van der Waals surface area contributed by atoms with Gasteiger partial charge in [0.05, 0.1) is 3.57 Å². The van der Waals surface area contributed by atoms with Crippen LogP contribution in [0.15, 0.2) is 0 Å². The van der Waals surface area contributed by atoms with Crippen LogP contribution in [0.5, 0.6) is 11.5 Å². The number of rotatable bonds is 0. The second kappa shape index (κ2) is 2.89. The summed E-state index contributed by atoms with van der Waals surface area (Å²) in [5.74, 6) is -0.127. The molecule has 0 unspecified atom stereocenters. The van der Waals surface area contributed by atoms with Crippen LogP contribution in [0.25, 0.3) is 0 Å². The Balaban J connectivity index is 3.60. The molecule has 0 aliphatic carbocycles. The molecular formula is C7H9IN2O2. The first kappa shape index (κ1) is 9.24. The molecule has 1 rings (SSSR count). The first-order valence-corrected chi connectivity index (χ1v) is 4.29. The van der Waals surface area contributed by atoms with Crippen LogP contribution in [0, 0.1) is 10.5 Å². The van der Waals surface area contributed by atoms with E-state index < -0.39 is 0 Å². The second-order valence-corrected chi connectivity index (χ2v) is 3.54. The molecular weight excluding hydrogens is 271 g/mol. The number of nitrogen functional groups attached to an aromatic ring is 2. The molecule has 66 valence electrons. The molecule has 0 radical (unpaired) electrons. The first-order valence-electron chi connectivity index (χ1n) is 3.21. The number of phenolic OH excluding ortho intramolecular Hbond substituents is 2. The Bertz CT molecular complexity index is 234. The van der Waals surface area contributed by atoms with Crippen LogP contribution in [0.4, 0.5) is 11.4 Å². The van der Waals surface area contributed by atoms with Crippen LogP contribution in [0.2, 0.25) is 0 Å². The Morgan fingerprint density at radius 1 is 1.08 bits per heavy atom. The SMILES string of the molecule is Cc1c(O)c(N)c(N)c(O)c1I. The van der Waals surface area contributed by atoms with Gasteiger partial charge < -0.3 is 21.7 Å². The average Bonchev–Trinajstić information content (AvgIpc) is 2.08. The normalized spacial score (nSPS) is 10.2. The fourth-order valence-corrected chi connectivity index (χ4v) is 1.40. The van der Waals surface area contributed by atoms with Gasteiger partial charge in [0, 0.05) is 5.56 Å². The molecule has 0 aromatic heterocycles. The third-order valence-corrected chi connectivity index (χ3v) is 3.01. The van der Waals surface area contributed by atoms with Gasteiger partial charge in [0.1, 0.15) is 17.1 Å². The topological polar surface area (TPSA) is 92.5 Å². The van der Waals surface area contributed by atoms with Crippen molar-refractivity contribution in [1.29, 1.82) is 0 Å². The Kier molecular flexibility index (Phi) is 2.22. The van der Waals surface area contributed by atoms with Crippen molar-refractivity contribution >= 4 is 34.0 Å². The molecule has 0 spiro atoms. The van der Waals surface area contributed by atoms with Gasteiger partial charge in [-0.25, -0.2) is 0 Å². The highest BCUT2D eigenvalue weighted by Gasteiger charge is 2.15. The summed E-state index contributed by atoms with van der Waals surface area (Å²) in [5, 5.41) is 18.7. The summed E-state index contributed by atoms with van der Waals surface area (Å²) in [5.41, 5.74) is 11.4. The molecule has 0 heterocycles. The molecule has 1 aromatic carbocycles. The van der Waals surface area contributed by atoms with E-state index in [1.165, 1.54) is 0 Å². The predicted molar refractivity (Wildman–Crippen MR) is 56.1 cm³/mol. The van der Waals surface area contributed by atoms with Crippen LogP contribution in [0.1, 0.15) is 5.56 Å². The van der Waals surface area contributed by atoms with E-state index in [4.69, 9.17) is 11.5 Å². The van der Waals surface area contributed by atoms with Crippen molar-refractivity contribution in [2.45, 2.75) is 6.92 Å². The van der Waals surface area contributed by atoms with E-state index in [1.807, 2.05) is 22.6 Å². The lowest BCUT2D eigenvalue weighted by molar-refractivity contribution is 0.458. The number of nitrogens with two attached hydrogens (primary N) is 2. The van der Waals surface area contributed by atoms with Gasteiger partial charge in [-0.1, -0.05) is 0 Å². The van der Waals surface area contributed by atoms with E-state index in [2.05, 4.69) is 0 Å². The number of aromatic hydroxyl groups is 2. The minimum absolute atomic E-state index is 0.0301. The largest absolute Gasteiger partial charge is 0.505 e. The summed E-state index contributed by atoms with van der Waals surface area (Å²) in [6.07, 6.45) is 0. The predicted octanol–water partition coefficient (Wildman–Crippen LogP) is 1.18. The molecule has 6 N–H and O–H groups in total. The van der Waals surface area contributed by atoms with Crippen LogP contribution in [0.3, 0.4) is 0 Å². The van der Waals surface area contributed by atoms with E-state index >= 15 is 0 Å². The van der Waals surface area contributed by atoms with E-state index in [0.717, 1.165) is 0 Å². The lowest BCUT2D eigenvalue weighted by atomic mass is 10.1. The Labute approximate surface area is 83.3 Å². The minimum Gasteiger partial charge on any atom is -0.505 e. The lowest BCUT2D eigenvalue weighted by Crippen LogP contribution is -1.99. The zero-order valence-electron chi connectivity index (χ0n) is 6.43. The maximum absolute atomic E-state index is 9.37. The molecule has 0 aliphatic rings. The van der Waals surface area contributed by atoms with Gasteiger partial charge in [0.15, 0.2) is 5.75 Å². The number of phenols is 2. The number of benzene rings is 1. The van der Waals surface area contributed by atoms with Crippen molar-refractivity contribution in [1.82, 2.24) is 0 Å². The Hall–Kier alpha value is -0.850. The molecule has 0 atom stereocenters. The Morgan fingerprint density at radius 3 is 2.00 bits per heavy atom. The molecule has 0 fully saturated rings. The van der Waals surface area contributed by atoms with Crippen molar-refractivity contribution in [3.63, 3.8) is 0 Å². The number of hydrogen-bond donors (Lipinski definition) is 4. The van der Waals surface area contributed by atoms with E-state index in [-0.39, 0.29) is 22.9 Å². The Morgan fingerprint density at radius 2 is 1.50 bits per heavy atom. The van der Waals surface area contributed by atoms with E-state index in [9.17, 15) is 10.2 Å². The van der Waals surface area contributed by atoms with Crippen LogP contribution >= 0.6 is 22.6 Å². The zero-order chi connectivity index (χ0) is 9.46. The molecule has 4 nitrogen and oxygen atoms in total. The molecule has 0 saturated carbocycles.